The van der Waals surface area contributed by atoms with Crippen LogP contribution in [0.4, 0.5) is 0 Å². The molecule has 0 saturated heterocycles. The maximum absolute atomic E-state index is 13.5. The molecule has 1 atom stereocenters. The molecule has 0 radical (unpaired) electrons. The molecule has 0 bridgehead atoms. The first-order valence-electron chi connectivity index (χ1n) is 11.5. The number of nitrogens with zero attached hydrogens (tertiary/aromatic N) is 3. The van der Waals surface area contributed by atoms with Gasteiger partial charge in [0.2, 0.25) is 5.91 Å². The summed E-state index contributed by atoms with van der Waals surface area (Å²) < 4.78 is 10.6. The van der Waals surface area contributed by atoms with Crippen molar-refractivity contribution in [3.63, 3.8) is 0 Å². The van der Waals surface area contributed by atoms with Gasteiger partial charge in [-0.2, -0.15) is 5.10 Å². The van der Waals surface area contributed by atoms with Crippen molar-refractivity contribution in [2.24, 2.45) is 11.0 Å². The molecule has 0 N–H and O–H groups in total. The molecule has 174 valence electrons. The third-order valence-corrected chi connectivity index (χ3v) is 6.41. The van der Waals surface area contributed by atoms with Gasteiger partial charge < -0.3 is 14.4 Å². The Morgan fingerprint density at radius 3 is 2.55 bits per heavy atom. The molecule has 2 amide bonds. The monoisotopic (exact) mass is 449 g/mol. The van der Waals surface area contributed by atoms with E-state index in [-0.39, 0.29) is 30.3 Å². The average Bonchev–Trinajstić information content (AvgIpc) is 3.27. The Kier molecular flexibility index (Phi) is 7.40. The molecule has 1 aliphatic heterocycles. The molecule has 0 aromatic heterocycles. The number of carbonyl (C=O) groups is 2. The summed E-state index contributed by atoms with van der Waals surface area (Å²) in [4.78, 5) is 28.1. The Hall–Kier alpha value is -3.19. The van der Waals surface area contributed by atoms with E-state index in [9.17, 15) is 9.59 Å². The van der Waals surface area contributed by atoms with Crippen molar-refractivity contribution in [3.8, 4) is 5.75 Å². The highest BCUT2D eigenvalue weighted by molar-refractivity contribution is 6.03. The molecule has 7 heteroatoms. The molecule has 0 unspecified atom stereocenters. The number of rotatable bonds is 9. The molecule has 1 fully saturated rings. The second kappa shape index (κ2) is 10.6. The van der Waals surface area contributed by atoms with E-state index in [1.54, 1.807) is 24.1 Å². The Morgan fingerprint density at radius 2 is 1.88 bits per heavy atom. The fourth-order valence-electron chi connectivity index (χ4n) is 4.27. The lowest BCUT2D eigenvalue weighted by atomic mass is 9.84. The predicted octanol–water partition coefficient (Wildman–Crippen LogP) is 3.65. The maximum atomic E-state index is 13.5. The van der Waals surface area contributed by atoms with Crippen LogP contribution in [0.5, 0.6) is 5.75 Å². The number of hydrogen-bond donors (Lipinski definition) is 0. The van der Waals surface area contributed by atoms with E-state index in [4.69, 9.17) is 14.6 Å². The highest BCUT2D eigenvalue weighted by Gasteiger charge is 2.36. The van der Waals surface area contributed by atoms with Gasteiger partial charge in [-0.15, -0.1) is 0 Å². The van der Waals surface area contributed by atoms with E-state index < -0.39 is 0 Å². The third kappa shape index (κ3) is 5.25. The van der Waals surface area contributed by atoms with Crippen LogP contribution >= 0.6 is 0 Å². The van der Waals surface area contributed by atoms with Gasteiger partial charge in [0, 0.05) is 31.6 Å². The first-order valence-corrected chi connectivity index (χ1v) is 11.5. The van der Waals surface area contributed by atoms with Crippen LogP contribution in [0, 0.1) is 5.92 Å². The van der Waals surface area contributed by atoms with Gasteiger partial charge in [-0.3, -0.25) is 9.59 Å². The van der Waals surface area contributed by atoms with Crippen molar-refractivity contribution in [2.75, 3.05) is 33.9 Å². The van der Waals surface area contributed by atoms with Gasteiger partial charge in [0.15, 0.2) is 0 Å². The minimum absolute atomic E-state index is 0.00306. The van der Waals surface area contributed by atoms with Crippen LogP contribution in [0.3, 0.4) is 0 Å². The van der Waals surface area contributed by atoms with Gasteiger partial charge >= 0.3 is 0 Å². The normalized spacial score (nSPS) is 17.9. The van der Waals surface area contributed by atoms with Crippen LogP contribution in [-0.2, 0) is 14.3 Å². The Bertz CT molecular complexity index is 1000. The van der Waals surface area contributed by atoms with E-state index in [2.05, 4.69) is 0 Å². The Morgan fingerprint density at radius 1 is 1.09 bits per heavy atom. The minimum Gasteiger partial charge on any atom is -0.497 e. The lowest BCUT2D eigenvalue weighted by Gasteiger charge is -2.32. The standard InChI is InChI=1S/C26H31N3O4/c1-32-15-14-28(26(31)20-10-6-11-20)18-25(30)29-24(19-8-4-3-5-9-19)17-23(27-29)21-12-7-13-22(16-21)33-2/h3-5,7-9,12-13,16,20,24H,6,10-11,14-15,17-18H2,1-2H3/t24-/m0/s1. The van der Waals surface area contributed by atoms with Crippen LogP contribution in [0.2, 0.25) is 0 Å². The van der Waals surface area contributed by atoms with Crippen LogP contribution in [0.25, 0.3) is 0 Å². The summed E-state index contributed by atoms with van der Waals surface area (Å²) >= 11 is 0. The van der Waals surface area contributed by atoms with Gasteiger partial charge in [-0.1, -0.05) is 48.9 Å². The van der Waals surface area contributed by atoms with Gasteiger partial charge in [0.25, 0.3) is 5.91 Å². The van der Waals surface area contributed by atoms with Crippen LogP contribution in [0.15, 0.2) is 59.7 Å². The molecule has 2 aromatic carbocycles. The molecular formula is C26H31N3O4. The van der Waals surface area contributed by atoms with Gasteiger partial charge in [-0.25, -0.2) is 5.01 Å². The summed E-state index contributed by atoms with van der Waals surface area (Å²) in [5, 5.41) is 6.29. The lowest BCUT2D eigenvalue weighted by molar-refractivity contribution is -0.146. The van der Waals surface area contributed by atoms with Crippen molar-refractivity contribution in [1.29, 1.82) is 0 Å². The second-order valence-electron chi connectivity index (χ2n) is 8.53. The minimum atomic E-state index is -0.219. The third-order valence-electron chi connectivity index (χ3n) is 6.41. The maximum Gasteiger partial charge on any atom is 0.262 e. The number of amides is 2. The summed E-state index contributed by atoms with van der Waals surface area (Å²) in [5.74, 6) is 0.617. The number of hydrazone groups is 1. The van der Waals surface area contributed by atoms with Gasteiger partial charge in [-0.05, 0) is 30.5 Å². The summed E-state index contributed by atoms with van der Waals surface area (Å²) in [6.07, 6.45) is 3.45. The molecule has 1 heterocycles. The number of carbonyl (C=O) groups excluding carboxylic acids is 2. The summed E-state index contributed by atoms with van der Waals surface area (Å²) in [5.41, 5.74) is 2.76. The molecule has 1 saturated carbocycles. The van der Waals surface area contributed by atoms with Crippen molar-refractivity contribution in [1.82, 2.24) is 9.91 Å². The van der Waals surface area contributed by atoms with Crippen LogP contribution < -0.4 is 4.74 Å². The van der Waals surface area contributed by atoms with Crippen molar-refractivity contribution < 1.29 is 19.1 Å². The number of hydrogen-bond acceptors (Lipinski definition) is 5. The van der Waals surface area contributed by atoms with Crippen molar-refractivity contribution in [2.45, 2.75) is 31.7 Å². The van der Waals surface area contributed by atoms with Crippen LogP contribution in [-0.4, -0.2) is 61.4 Å². The van der Waals surface area contributed by atoms with Crippen LogP contribution in [0.1, 0.15) is 42.9 Å². The molecule has 2 aromatic rings. The van der Waals surface area contributed by atoms with E-state index in [1.165, 1.54) is 0 Å². The largest absolute Gasteiger partial charge is 0.497 e. The highest BCUT2D eigenvalue weighted by atomic mass is 16.5. The molecule has 0 spiro atoms. The number of methoxy groups -OCH3 is 2. The van der Waals surface area contributed by atoms with Gasteiger partial charge in [0.05, 0.1) is 25.5 Å². The average molecular weight is 450 g/mol. The zero-order chi connectivity index (χ0) is 23.2. The molecule has 2 aliphatic rings. The molecule has 1 aliphatic carbocycles. The Balaban J connectivity index is 1.59. The number of ether oxygens (including phenoxy) is 2. The summed E-state index contributed by atoms with van der Waals surface area (Å²) in [7, 11) is 3.23. The quantitative estimate of drug-likeness (QED) is 0.586. The van der Waals surface area contributed by atoms with E-state index >= 15 is 0 Å². The smallest absolute Gasteiger partial charge is 0.262 e. The SMILES string of the molecule is COCCN(CC(=O)N1N=C(c2cccc(OC)c2)C[C@H]1c1ccccc1)C(=O)C1CCC1. The molecule has 7 nitrogen and oxygen atoms in total. The van der Waals surface area contributed by atoms with E-state index in [0.29, 0.717) is 19.6 Å². The molecular weight excluding hydrogens is 418 g/mol. The summed E-state index contributed by atoms with van der Waals surface area (Å²) in [6, 6.07) is 17.4. The van der Waals surface area contributed by atoms with E-state index in [1.807, 2.05) is 54.6 Å². The number of benzene rings is 2. The fourth-order valence-corrected chi connectivity index (χ4v) is 4.27. The lowest BCUT2D eigenvalue weighted by Crippen LogP contribution is -2.46. The van der Waals surface area contributed by atoms with Crippen molar-refractivity contribution in [3.05, 3.63) is 65.7 Å². The first-order chi connectivity index (χ1) is 16.1. The fraction of sp³-hybridized carbons (Fsp3) is 0.423. The zero-order valence-corrected chi connectivity index (χ0v) is 19.3. The topological polar surface area (TPSA) is 71.4 Å². The zero-order valence-electron chi connectivity index (χ0n) is 19.3. The summed E-state index contributed by atoms with van der Waals surface area (Å²) in [6.45, 7) is 0.789. The van der Waals surface area contributed by atoms with Gasteiger partial charge in [0.1, 0.15) is 12.3 Å². The first kappa shape index (κ1) is 23.0. The Labute approximate surface area is 195 Å². The second-order valence-corrected chi connectivity index (χ2v) is 8.53. The molecule has 4 rings (SSSR count). The van der Waals surface area contributed by atoms with Crippen molar-refractivity contribution >= 4 is 17.5 Å². The molecule has 33 heavy (non-hydrogen) atoms. The predicted molar refractivity (Wildman–Crippen MR) is 126 cm³/mol. The highest BCUT2D eigenvalue weighted by Crippen LogP contribution is 2.34. The van der Waals surface area contributed by atoms with E-state index in [0.717, 1.165) is 41.9 Å².